The first-order valence-electron chi connectivity index (χ1n) is 17.1. The molecule has 11 aromatic rings. The van der Waals surface area contributed by atoms with Crippen LogP contribution in [-0.4, -0.2) is 19.1 Å². The Balaban J connectivity index is 1.43. The average molecular weight is 661 g/mol. The minimum atomic E-state index is 0.313. The van der Waals surface area contributed by atoms with Crippen LogP contribution in [0.5, 0.6) is 0 Å². The summed E-state index contributed by atoms with van der Waals surface area (Å²) in [5.41, 5.74) is 6.15. The molecule has 0 atom stereocenters. The molecule has 0 unspecified atom stereocenters. The Labute approximate surface area is 296 Å². The molecule has 0 spiro atoms. The van der Waals surface area contributed by atoms with Crippen molar-refractivity contribution >= 4 is 86.7 Å². The van der Waals surface area contributed by atoms with E-state index in [2.05, 4.69) is 128 Å². The van der Waals surface area contributed by atoms with E-state index in [1.54, 1.807) is 0 Å². The van der Waals surface area contributed by atoms with Gasteiger partial charge in [0, 0.05) is 57.1 Å². The molecule has 238 valence electrons. The molecule has 11 rings (SSSR count). The van der Waals surface area contributed by atoms with Gasteiger partial charge in [-0.2, -0.15) is 10.5 Å². The predicted molar refractivity (Wildman–Crippen MR) is 210 cm³/mol. The molecule has 0 fully saturated rings. The Bertz CT molecular complexity index is 3210. The van der Waals surface area contributed by atoms with Gasteiger partial charge < -0.3 is 9.13 Å². The molecule has 6 heteroatoms. The second kappa shape index (κ2) is 10.5. The molecule has 4 aromatic heterocycles. The number of pyridine rings is 2. The van der Waals surface area contributed by atoms with E-state index in [1.807, 2.05) is 49.1 Å². The quantitative estimate of drug-likeness (QED) is 0.173. The maximum atomic E-state index is 10.5. The van der Waals surface area contributed by atoms with E-state index in [0.717, 1.165) is 87.3 Å². The van der Waals surface area contributed by atoms with Gasteiger partial charge in [-0.1, -0.05) is 97.1 Å². The second-order valence-electron chi connectivity index (χ2n) is 13.2. The van der Waals surface area contributed by atoms with Crippen LogP contribution < -0.4 is 0 Å². The van der Waals surface area contributed by atoms with Crippen LogP contribution in [0.25, 0.3) is 98.1 Å². The summed E-state index contributed by atoms with van der Waals surface area (Å²) in [5.74, 6) is 0. The topological polar surface area (TPSA) is 83.2 Å². The van der Waals surface area contributed by atoms with Crippen LogP contribution >= 0.6 is 0 Å². The van der Waals surface area contributed by atoms with Gasteiger partial charge in [-0.05, 0) is 56.6 Å². The van der Waals surface area contributed by atoms with Gasteiger partial charge in [-0.25, -0.2) is 0 Å². The van der Waals surface area contributed by atoms with Crippen molar-refractivity contribution in [3.8, 4) is 23.5 Å². The van der Waals surface area contributed by atoms with Gasteiger partial charge in [-0.3, -0.25) is 9.97 Å². The van der Waals surface area contributed by atoms with Crippen LogP contribution in [0.3, 0.4) is 0 Å². The zero-order chi connectivity index (χ0) is 34.5. The van der Waals surface area contributed by atoms with Crippen molar-refractivity contribution in [1.82, 2.24) is 19.1 Å². The average Bonchev–Trinajstić information content (AvgIpc) is 3.75. The molecule has 0 amide bonds. The molecule has 7 aromatic carbocycles. The third kappa shape index (κ3) is 3.60. The summed E-state index contributed by atoms with van der Waals surface area (Å²) in [4.78, 5) is 9.23. The first-order chi connectivity index (χ1) is 25.8. The molecule has 52 heavy (non-hydrogen) atoms. The summed E-state index contributed by atoms with van der Waals surface area (Å²) < 4.78 is 4.56. The minimum absolute atomic E-state index is 0.313. The highest BCUT2D eigenvalue weighted by Crippen LogP contribution is 2.46. The first kappa shape index (κ1) is 28.3. The number of hydrogen-bond donors (Lipinski definition) is 0. The van der Waals surface area contributed by atoms with Crippen molar-refractivity contribution < 1.29 is 0 Å². The van der Waals surface area contributed by atoms with Crippen LogP contribution in [0, 0.1) is 22.7 Å². The summed E-state index contributed by atoms with van der Waals surface area (Å²) >= 11 is 0. The highest BCUT2D eigenvalue weighted by atomic mass is 15.1. The van der Waals surface area contributed by atoms with Crippen molar-refractivity contribution in [3.63, 3.8) is 0 Å². The summed E-state index contributed by atoms with van der Waals surface area (Å²) in [6.45, 7) is 0. The molecule has 0 saturated heterocycles. The van der Waals surface area contributed by atoms with E-state index in [1.165, 1.54) is 10.8 Å². The molecule has 0 aliphatic heterocycles. The Morgan fingerprint density at radius 1 is 0.404 bits per heavy atom. The van der Waals surface area contributed by atoms with E-state index in [0.29, 0.717) is 11.1 Å². The van der Waals surface area contributed by atoms with Gasteiger partial charge in [0.1, 0.15) is 12.1 Å². The van der Waals surface area contributed by atoms with Gasteiger partial charge in [0.05, 0.1) is 44.6 Å². The zero-order valence-electron chi connectivity index (χ0n) is 27.5. The normalized spacial score (nSPS) is 11.8. The van der Waals surface area contributed by atoms with Crippen molar-refractivity contribution in [2.75, 3.05) is 0 Å². The lowest BCUT2D eigenvalue weighted by atomic mass is 9.97. The van der Waals surface area contributed by atoms with Gasteiger partial charge in [0.25, 0.3) is 0 Å². The number of benzene rings is 7. The minimum Gasteiger partial charge on any atom is -0.306 e. The number of rotatable bonds is 2. The maximum absolute atomic E-state index is 10.5. The van der Waals surface area contributed by atoms with Crippen molar-refractivity contribution in [2.45, 2.75) is 0 Å². The Morgan fingerprint density at radius 3 is 1.13 bits per heavy atom. The van der Waals surface area contributed by atoms with Gasteiger partial charge >= 0.3 is 0 Å². The smallest absolute Gasteiger partial charge is 0.101 e. The number of hydrogen-bond acceptors (Lipinski definition) is 4. The van der Waals surface area contributed by atoms with Crippen LogP contribution in [0.15, 0.2) is 146 Å². The zero-order valence-corrected chi connectivity index (χ0v) is 27.5. The van der Waals surface area contributed by atoms with Gasteiger partial charge in [0.2, 0.25) is 0 Å². The van der Waals surface area contributed by atoms with E-state index < -0.39 is 0 Å². The van der Waals surface area contributed by atoms with Crippen LogP contribution in [-0.2, 0) is 0 Å². The summed E-state index contributed by atoms with van der Waals surface area (Å²) in [6.07, 6.45) is 7.52. The van der Waals surface area contributed by atoms with E-state index >= 15 is 0 Å². The number of nitriles is 2. The van der Waals surface area contributed by atoms with E-state index in [-0.39, 0.29) is 0 Å². The summed E-state index contributed by atoms with van der Waals surface area (Å²) in [5, 5.41) is 34.2. The molecular weight excluding hydrogens is 637 g/mol. The monoisotopic (exact) mass is 660 g/mol. The molecular formula is C46H24N6. The Hall–Kier alpha value is -7.54. The number of nitrogens with zero attached hydrogens (tertiary/aromatic N) is 6. The summed E-state index contributed by atoms with van der Waals surface area (Å²) in [7, 11) is 0. The molecule has 0 bridgehead atoms. The third-order valence-electron chi connectivity index (χ3n) is 10.7. The molecule has 0 aliphatic rings. The molecule has 0 saturated carbocycles. The Morgan fingerprint density at radius 2 is 0.750 bits per heavy atom. The number of fused-ring (bicyclic) bond motifs is 16. The lowest BCUT2D eigenvalue weighted by Crippen LogP contribution is -2.06. The maximum Gasteiger partial charge on any atom is 0.101 e. The molecule has 0 aliphatic carbocycles. The fourth-order valence-electron chi connectivity index (χ4n) is 8.67. The lowest BCUT2D eigenvalue weighted by molar-refractivity contribution is 1.09. The van der Waals surface area contributed by atoms with Crippen LogP contribution in [0.1, 0.15) is 11.1 Å². The molecule has 4 heterocycles. The molecule has 6 nitrogen and oxygen atoms in total. The lowest BCUT2D eigenvalue weighted by Gasteiger charge is -2.19. The highest BCUT2D eigenvalue weighted by molar-refractivity contribution is 6.33. The number of aromatic nitrogens is 4. The fraction of sp³-hybridized carbons (Fsp3) is 0. The predicted octanol–water partition coefficient (Wildman–Crippen LogP) is 11.0. The van der Waals surface area contributed by atoms with E-state index in [9.17, 15) is 10.5 Å². The SMILES string of the molecule is N#Cc1cc(-n2c3ccncc3c3c4ccccc4c4ccccc4c32)c(-n2c3ccncc3c3c4ccccc4c4ccccc4c32)cc1C#N. The van der Waals surface area contributed by atoms with Gasteiger partial charge in [0.15, 0.2) is 0 Å². The molecule has 0 radical (unpaired) electrons. The van der Waals surface area contributed by atoms with Crippen LogP contribution in [0.2, 0.25) is 0 Å². The second-order valence-corrected chi connectivity index (χ2v) is 13.2. The summed E-state index contributed by atoms with van der Waals surface area (Å²) in [6, 6.07) is 46.6. The van der Waals surface area contributed by atoms with Crippen LogP contribution in [0.4, 0.5) is 0 Å². The van der Waals surface area contributed by atoms with Crippen molar-refractivity contribution in [1.29, 1.82) is 10.5 Å². The standard InChI is InChI=1S/C46H24N6/c47-23-27-21-41(51-39-17-19-49-25-37(39)43-33-13-5-1-9-29(33)31-11-3-7-15-35(31)45(43)51)42(22-28(27)24-48)52-40-18-20-50-26-38(40)44-34-14-6-2-10-30(34)32-12-4-8-16-36(32)46(44)52/h1-22,25-26H. The largest absolute Gasteiger partial charge is 0.306 e. The van der Waals surface area contributed by atoms with Gasteiger partial charge in [-0.15, -0.1) is 0 Å². The van der Waals surface area contributed by atoms with Crippen molar-refractivity contribution in [2.24, 2.45) is 0 Å². The fourth-order valence-corrected chi connectivity index (χ4v) is 8.67. The molecule has 0 N–H and O–H groups in total. The highest BCUT2D eigenvalue weighted by Gasteiger charge is 2.25. The third-order valence-corrected chi connectivity index (χ3v) is 10.7. The van der Waals surface area contributed by atoms with E-state index in [4.69, 9.17) is 0 Å². The Kier molecular flexibility index (Phi) is 5.71. The first-order valence-corrected chi connectivity index (χ1v) is 17.1. The van der Waals surface area contributed by atoms with Crippen molar-refractivity contribution in [3.05, 3.63) is 157 Å².